The SMILES string of the molecule is COC(=O)[C@@H](O[C@H]1O[C@H](CO)[C@@H](O)[C@H](O)[C@H]1O)c1ccccc1. The van der Waals surface area contributed by atoms with Gasteiger partial charge in [0, 0.05) is 0 Å². The third-order valence-electron chi connectivity index (χ3n) is 3.64. The molecule has 1 saturated heterocycles. The van der Waals surface area contributed by atoms with Crippen molar-refractivity contribution in [3.05, 3.63) is 35.9 Å². The van der Waals surface area contributed by atoms with Crippen molar-refractivity contribution in [1.29, 1.82) is 0 Å². The summed E-state index contributed by atoms with van der Waals surface area (Å²) in [5.74, 6) is -0.715. The number of rotatable bonds is 5. The molecule has 0 amide bonds. The molecule has 0 spiro atoms. The van der Waals surface area contributed by atoms with Gasteiger partial charge in [-0.15, -0.1) is 0 Å². The third-order valence-corrected chi connectivity index (χ3v) is 3.64. The van der Waals surface area contributed by atoms with E-state index in [4.69, 9.17) is 14.6 Å². The second-order valence-electron chi connectivity index (χ2n) is 5.15. The van der Waals surface area contributed by atoms with Crippen LogP contribution in [-0.4, -0.2) is 70.8 Å². The van der Waals surface area contributed by atoms with Crippen molar-refractivity contribution in [2.24, 2.45) is 0 Å². The summed E-state index contributed by atoms with van der Waals surface area (Å²) in [4.78, 5) is 11.9. The number of carbonyl (C=O) groups is 1. The van der Waals surface area contributed by atoms with E-state index >= 15 is 0 Å². The highest BCUT2D eigenvalue weighted by molar-refractivity contribution is 5.76. The molecule has 1 heterocycles. The number of methoxy groups -OCH3 is 1. The number of hydrogen-bond donors (Lipinski definition) is 4. The van der Waals surface area contributed by atoms with Gasteiger partial charge >= 0.3 is 5.97 Å². The maximum absolute atomic E-state index is 11.9. The van der Waals surface area contributed by atoms with Gasteiger partial charge in [0.15, 0.2) is 12.4 Å². The van der Waals surface area contributed by atoms with Crippen LogP contribution >= 0.6 is 0 Å². The summed E-state index contributed by atoms with van der Waals surface area (Å²) < 4.78 is 15.4. The zero-order valence-electron chi connectivity index (χ0n) is 12.5. The topological polar surface area (TPSA) is 126 Å². The van der Waals surface area contributed by atoms with Crippen molar-refractivity contribution in [3.8, 4) is 0 Å². The van der Waals surface area contributed by atoms with Crippen LogP contribution < -0.4 is 0 Å². The van der Waals surface area contributed by atoms with Crippen molar-refractivity contribution in [1.82, 2.24) is 0 Å². The summed E-state index contributed by atoms with van der Waals surface area (Å²) in [7, 11) is 1.19. The van der Waals surface area contributed by atoms with E-state index in [1.165, 1.54) is 7.11 Å². The number of esters is 1. The molecular formula is C15H20O8. The molecule has 6 atom stereocenters. The van der Waals surface area contributed by atoms with Crippen molar-refractivity contribution >= 4 is 5.97 Å². The van der Waals surface area contributed by atoms with Crippen LogP contribution in [0.15, 0.2) is 30.3 Å². The minimum atomic E-state index is -1.59. The summed E-state index contributed by atoms with van der Waals surface area (Å²) in [6.45, 7) is -0.584. The normalized spacial score (nSPS) is 32.3. The fraction of sp³-hybridized carbons (Fsp3) is 0.533. The quantitative estimate of drug-likeness (QED) is 0.492. The smallest absolute Gasteiger partial charge is 0.339 e. The van der Waals surface area contributed by atoms with Gasteiger partial charge in [0.05, 0.1) is 13.7 Å². The second kappa shape index (κ2) is 7.82. The zero-order valence-corrected chi connectivity index (χ0v) is 12.5. The monoisotopic (exact) mass is 328 g/mol. The maximum Gasteiger partial charge on any atom is 0.339 e. The summed E-state index contributed by atoms with van der Waals surface area (Å²) in [6, 6.07) is 8.41. The van der Waals surface area contributed by atoms with E-state index < -0.39 is 49.4 Å². The lowest BCUT2D eigenvalue weighted by Gasteiger charge is -2.40. The number of carbonyl (C=O) groups excluding carboxylic acids is 1. The molecule has 0 aromatic heterocycles. The highest BCUT2D eigenvalue weighted by Gasteiger charge is 2.45. The first kappa shape index (κ1) is 17.8. The largest absolute Gasteiger partial charge is 0.467 e. The number of aliphatic hydroxyl groups is 4. The Balaban J connectivity index is 2.20. The van der Waals surface area contributed by atoms with Crippen molar-refractivity contribution < 1.29 is 39.4 Å². The lowest BCUT2D eigenvalue weighted by Crippen LogP contribution is -2.59. The van der Waals surface area contributed by atoms with Gasteiger partial charge in [0.25, 0.3) is 0 Å². The fourth-order valence-corrected chi connectivity index (χ4v) is 2.32. The summed E-state index contributed by atoms with van der Waals surface area (Å²) in [5.41, 5.74) is 0.469. The average molecular weight is 328 g/mol. The predicted octanol–water partition coefficient (Wildman–Crippen LogP) is -1.28. The molecule has 8 nitrogen and oxygen atoms in total. The van der Waals surface area contributed by atoms with Crippen LogP contribution in [0.25, 0.3) is 0 Å². The number of hydrogen-bond acceptors (Lipinski definition) is 8. The molecular weight excluding hydrogens is 308 g/mol. The number of aliphatic hydroxyl groups excluding tert-OH is 4. The van der Waals surface area contributed by atoms with Crippen LogP contribution in [0.2, 0.25) is 0 Å². The van der Waals surface area contributed by atoms with Crippen LogP contribution in [0.3, 0.4) is 0 Å². The molecule has 0 aliphatic carbocycles. The summed E-state index contributed by atoms with van der Waals surface area (Å²) in [6.07, 6.45) is -8.41. The Morgan fingerprint density at radius 3 is 2.39 bits per heavy atom. The van der Waals surface area contributed by atoms with Gasteiger partial charge in [0.1, 0.15) is 24.4 Å². The first-order valence-corrected chi connectivity index (χ1v) is 7.08. The Bertz CT molecular complexity index is 505. The molecule has 0 unspecified atom stereocenters. The van der Waals surface area contributed by atoms with Crippen molar-refractivity contribution in [3.63, 3.8) is 0 Å². The van der Waals surface area contributed by atoms with Crippen LogP contribution in [0.4, 0.5) is 0 Å². The first-order valence-electron chi connectivity index (χ1n) is 7.08. The number of ether oxygens (including phenoxy) is 3. The highest BCUT2D eigenvalue weighted by atomic mass is 16.7. The zero-order chi connectivity index (χ0) is 17.0. The fourth-order valence-electron chi connectivity index (χ4n) is 2.32. The van der Waals surface area contributed by atoms with E-state index in [0.717, 1.165) is 0 Å². The molecule has 0 radical (unpaired) electrons. The molecule has 0 saturated carbocycles. The lowest BCUT2D eigenvalue weighted by molar-refractivity contribution is -0.311. The molecule has 128 valence electrons. The minimum absolute atomic E-state index is 0.469. The first-order chi connectivity index (χ1) is 11.0. The Morgan fingerprint density at radius 2 is 1.83 bits per heavy atom. The summed E-state index contributed by atoms with van der Waals surface area (Å²) in [5, 5.41) is 38.6. The Labute approximate surface area is 132 Å². The van der Waals surface area contributed by atoms with Gasteiger partial charge in [-0.05, 0) is 5.56 Å². The highest BCUT2D eigenvalue weighted by Crippen LogP contribution is 2.28. The van der Waals surface area contributed by atoms with Gasteiger partial charge in [0.2, 0.25) is 0 Å². The van der Waals surface area contributed by atoms with E-state index in [9.17, 15) is 20.1 Å². The van der Waals surface area contributed by atoms with Gasteiger partial charge in [-0.25, -0.2) is 4.79 Å². The molecule has 2 rings (SSSR count). The second-order valence-corrected chi connectivity index (χ2v) is 5.15. The van der Waals surface area contributed by atoms with Crippen LogP contribution in [0.1, 0.15) is 11.7 Å². The van der Waals surface area contributed by atoms with Crippen LogP contribution in [0, 0.1) is 0 Å². The average Bonchev–Trinajstić information content (AvgIpc) is 2.59. The molecule has 4 N–H and O–H groups in total. The van der Waals surface area contributed by atoms with Gasteiger partial charge in [-0.2, -0.15) is 0 Å². The molecule has 8 heteroatoms. The molecule has 23 heavy (non-hydrogen) atoms. The minimum Gasteiger partial charge on any atom is -0.467 e. The molecule has 1 aliphatic rings. The van der Waals surface area contributed by atoms with E-state index in [1.807, 2.05) is 0 Å². The molecule has 1 aliphatic heterocycles. The van der Waals surface area contributed by atoms with Crippen LogP contribution in [0.5, 0.6) is 0 Å². The summed E-state index contributed by atoms with van der Waals surface area (Å²) >= 11 is 0. The standard InChI is InChI=1S/C15H20O8/c1-21-14(20)13(8-5-3-2-4-6-8)23-15-12(19)11(18)10(17)9(7-16)22-15/h2-6,9-13,15-19H,7H2,1H3/t9-,10-,11+,12-,13+,15-/m1/s1. The van der Waals surface area contributed by atoms with E-state index in [-0.39, 0.29) is 0 Å². The van der Waals surface area contributed by atoms with Crippen LogP contribution in [-0.2, 0) is 19.0 Å². The Morgan fingerprint density at radius 1 is 1.17 bits per heavy atom. The Kier molecular flexibility index (Phi) is 6.05. The van der Waals surface area contributed by atoms with Gasteiger partial charge in [-0.3, -0.25) is 0 Å². The number of benzene rings is 1. The molecule has 1 fully saturated rings. The molecule has 1 aromatic rings. The van der Waals surface area contributed by atoms with Gasteiger partial charge in [-0.1, -0.05) is 30.3 Å². The lowest BCUT2D eigenvalue weighted by atomic mass is 9.99. The Hall–Kier alpha value is -1.55. The molecule has 0 bridgehead atoms. The maximum atomic E-state index is 11.9. The molecule has 1 aromatic carbocycles. The van der Waals surface area contributed by atoms with E-state index in [1.54, 1.807) is 30.3 Å². The third kappa shape index (κ3) is 3.86. The van der Waals surface area contributed by atoms with Gasteiger partial charge < -0.3 is 34.6 Å². The van der Waals surface area contributed by atoms with E-state index in [2.05, 4.69) is 4.74 Å². The van der Waals surface area contributed by atoms with E-state index in [0.29, 0.717) is 5.56 Å². The van der Waals surface area contributed by atoms with Crippen molar-refractivity contribution in [2.45, 2.75) is 36.8 Å². The van der Waals surface area contributed by atoms with Crippen molar-refractivity contribution in [2.75, 3.05) is 13.7 Å². The predicted molar refractivity (Wildman–Crippen MR) is 76.1 cm³/mol.